The molecule has 9 heteroatoms. The van der Waals surface area contributed by atoms with E-state index >= 15 is 0 Å². The topological polar surface area (TPSA) is 91.3 Å². The smallest absolute Gasteiger partial charge is 0.338 e. The van der Waals surface area contributed by atoms with E-state index in [1.165, 1.54) is 19.1 Å². The second-order valence-electron chi connectivity index (χ2n) is 7.51. The van der Waals surface area contributed by atoms with E-state index in [0.717, 1.165) is 13.2 Å². The van der Waals surface area contributed by atoms with Gasteiger partial charge in [0.1, 0.15) is 19.1 Å². The SMILES string of the molecule is COC(=O)C1C(C)=NC(C)=C(C(=O)OCCOC(=O)c2ccccc2)C1c1cccc(F)c1F. The molecule has 0 saturated carbocycles. The van der Waals surface area contributed by atoms with Crippen molar-refractivity contribution in [2.75, 3.05) is 20.3 Å². The highest BCUT2D eigenvalue weighted by atomic mass is 19.2. The fourth-order valence-electron chi connectivity index (χ4n) is 3.84. The van der Waals surface area contributed by atoms with Gasteiger partial charge < -0.3 is 14.2 Å². The van der Waals surface area contributed by atoms with E-state index in [2.05, 4.69) is 4.99 Å². The first kappa shape index (κ1) is 24.8. The summed E-state index contributed by atoms with van der Waals surface area (Å²) in [6, 6.07) is 11.8. The predicted molar refractivity (Wildman–Crippen MR) is 118 cm³/mol. The molecule has 34 heavy (non-hydrogen) atoms. The Balaban J connectivity index is 1.83. The number of carbonyl (C=O) groups excluding carboxylic acids is 3. The summed E-state index contributed by atoms with van der Waals surface area (Å²) in [5.74, 6) is -6.94. The fourth-order valence-corrected chi connectivity index (χ4v) is 3.84. The summed E-state index contributed by atoms with van der Waals surface area (Å²) in [5, 5.41) is 0. The van der Waals surface area contributed by atoms with Crippen molar-refractivity contribution in [1.29, 1.82) is 0 Å². The van der Waals surface area contributed by atoms with Crippen LogP contribution in [0.2, 0.25) is 0 Å². The number of methoxy groups -OCH3 is 1. The largest absolute Gasteiger partial charge is 0.468 e. The van der Waals surface area contributed by atoms with Crippen LogP contribution in [-0.4, -0.2) is 43.9 Å². The normalized spacial score (nSPS) is 17.6. The third-order valence-corrected chi connectivity index (χ3v) is 5.38. The lowest BCUT2D eigenvalue weighted by atomic mass is 9.75. The van der Waals surface area contributed by atoms with Crippen LogP contribution in [0.5, 0.6) is 0 Å². The van der Waals surface area contributed by atoms with Crippen molar-refractivity contribution < 1.29 is 37.4 Å². The van der Waals surface area contributed by atoms with Crippen molar-refractivity contribution in [3.63, 3.8) is 0 Å². The van der Waals surface area contributed by atoms with Crippen LogP contribution in [0, 0.1) is 17.6 Å². The second kappa shape index (κ2) is 10.8. The highest BCUT2D eigenvalue weighted by molar-refractivity contribution is 6.07. The number of hydrogen-bond acceptors (Lipinski definition) is 7. The molecular weight excluding hydrogens is 448 g/mol. The van der Waals surface area contributed by atoms with Crippen molar-refractivity contribution >= 4 is 23.6 Å². The van der Waals surface area contributed by atoms with Crippen molar-refractivity contribution in [2.24, 2.45) is 10.9 Å². The van der Waals surface area contributed by atoms with Crippen molar-refractivity contribution in [3.8, 4) is 0 Å². The fraction of sp³-hybridized carbons (Fsp3) is 0.280. The number of aliphatic imine (C=N–C) groups is 1. The number of benzene rings is 2. The summed E-state index contributed by atoms with van der Waals surface area (Å²) >= 11 is 0. The average molecular weight is 471 g/mol. The number of esters is 3. The van der Waals surface area contributed by atoms with E-state index in [4.69, 9.17) is 14.2 Å². The molecule has 0 fully saturated rings. The monoisotopic (exact) mass is 471 g/mol. The molecule has 0 N–H and O–H groups in total. The Morgan fingerprint density at radius 3 is 2.21 bits per heavy atom. The van der Waals surface area contributed by atoms with Crippen LogP contribution >= 0.6 is 0 Å². The Labute approximate surface area is 195 Å². The minimum absolute atomic E-state index is 0.111. The van der Waals surface area contributed by atoms with Gasteiger partial charge in [0.25, 0.3) is 0 Å². The Bertz CT molecular complexity index is 1160. The third-order valence-electron chi connectivity index (χ3n) is 5.38. The summed E-state index contributed by atoms with van der Waals surface area (Å²) in [7, 11) is 1.15. The van der Waals surface area contributed by atoms with Crippen molar-refractivity contribution in [1.82, 2.24) is 0 Å². The van der Waals surface area contributed by atoms with Crippen LogP contribution in [0.4, 0.5) is 8.78 Å². The lowest BCUT2D eigenvalue weighted by Crippen LogP contribution is -2.36. The number of allylic oxidation sites excluding steroid dienone is 1. The Hall–Kier alpha value is -3.88. The highest BCUT2D eigenvalue weighted by Crippen LogP contribution is 2.41. The van der Waals surface area contributed by atoms with Gasteiger partial charge in [0.05, 0.1) is 18.2 Å². The summed E-state index contributed by atoms with van der Waals surface area (Å²) in [4.78, 5) is 41.8. The average Bonchev–Trinajstić information content (AvgIpc) is 2.83. The van der Waals surface area contributed by atoms with Gasteiger partial charge in [-0.05, 0) is 37.6 Å². The van der Waals surface area contributed by atoms with Crippen LogP contribution < -0.4 is 0 Å². The maximum atomic E-state index is 14.8. The molecule has 3 rings (SSSR count). The van der Waals surface area contributed by atoms with Gasteiger partial charge in [-0.2, -0.15) is 0 Å². The van der Waals surface area contributed by atoms with Gasteiger partial charge in [-0.15, -0.1) is 0 Å². The summed E-state index contributed by atoms with van der Waals surface area (Å²) in [6.45, 7) is 2.53. The highest BCUT2D eigenvalue weighted by Gasteiger charge is 2.43. The number of halogens is 2. The Morgan fingerprint density at radius 1 is 0.912 bits per heavy atom. The van der Waals surface area contributed by atoms with Gasteiger partial charge in [0, 0.05) is 17.3 Å². The van der Waals surface area contributed by atoms with Crippen LogP contribution in [0.15, 0.2) is 64.8 Å². The molecule has 0 spiro atoms. The van der Waals surface area contributed by atoms with Crippen molar-refractivity contribution in [3.05, 3.63) is 82.6 Å². The first-order valence-corrected chi connectivity index (χ1v) is 10.4. The molecule has 1 aliphatic rings. The molecule has 178 valence electrons. The molecular formula is C25H23F2NO6. The number of ether oxygens (including phenoxy) is 3. The molecule has 2 aromatic rings. The molecule has 2 aromatic carbocycles. The van der Waals surface area contributed by atoms with Crippen LogP contribution in [0.3, 0.4) is 0 Å². The zero-order valence-corrected chi connectivity index (χ0v) is 18.8. The van der Waals surface area contributed by atoms with Gasteiger partial charge in [0.15, 0.2) is 11.6 Å². The molecule has 0 bridgehead atoms. The number of nitrogens with zero attached hydrogens (tertiary/aromatic N) is 1. The van der Waals surface area contributed by atoms with Crippen LogP contribution in [0.25, 0.3) is 0 Å². The molecule has 0 radical (unpaired) electrons. The first-order chi connectivity index (χ1) is 16.3. The summed E-state index contributed by atoms with van der Waals surface area (Å²) < 4.78 is 44.0. The number of carbonyl (C=O) groups is 3. The Morgan fingerprint density at radius 2 is 1.56 bits per heavy atom. The molecule has 0 aliphatic carbocycles. The molecule has 1 heterocycles. The molecule has 1 aliphatic heterocycles. The van der Waals surface area contributed by atoms with Crippen LogP contribution in [-0.2, 0) is 23.8 Å². The lowest BCUT2D eigenvalue weighted by Gasteiger charge is -2.31. The van der Waals surface area contributed by atoms with E-state index in [1.807, 2.05) is 0 Å². The predicted octanol–water partition coefficient (Wildman–Crippen LogP) is 3.99. The van der Waals surface area contributed by atoms with Gasteiger partial charge >= 0.3 is 17.9 Å². The standard InChI is InChI=1S/C25H23F2NO6/c1-14-19(24(30)32-3)21(17-10-7-11-18(26)22(17)27)20(15(2)28-14)25(31)34-13-12-33-23(29)16-8-5-4-6-9-16/h4-11,19,21H,12-13H2,1-3H3. The van der Waals surface area contributed by atoms with E-state index in [1.54, 1.807) is 37.3 Å². The summed E-state index contributed by atoms with van der Waals surface area (Å²) in [5.41, 5.74) is 0.502. The minimum Gasteiger partial charge on any atom is -0.468 e. The number of rotatable bonds is 7. The second-order valence-corrected chi connectivity index (χ2v) is 7.51. The molecule has 2 unspecified atom stereocenters. The third kappa shape index (κ3) is 5.19. The maximum absolute atomic E-state index is 14.8. The van der Waals surface area contributed by atoms with E-state index in [0.29, 0.717) is 5.56 Å². The van der Waals surface area contributed by atoms with E-state index in [-0.39, 0.29) is 35.8 Å². The molecule has 0 aromatic heterocycles. The molecule has 0 saturated heterocycles. The van der Waals surface area contributed by atoms with E-state index in [9.17, 15) is 23.2 Å². The zero-order chi connectivity index (χ0) is 24.8. The van der Waals surface area contributed by atoms with Gasteiger partial charge in [0.2, 0.25) is 0 Å². The number of hydrogen-bond donors (Lipinski definition) is 0. The van der Waals surface area contributed by atoms with Gasteiger partial charge in [-0.25, -0.2) is 18.4 Å². The first-order valence-electron chi connectivity index (χ1n) is 10.4. The lowest BCUT2D eigenvalue weighted by molar-refractivity contribution is -0.144. The van der Waals surface area contributed by atoms with Crippen LogP contribution in [0.1, 0.15) is 35.7 Å². The molecule has 7 nitrogen and oxygen atoms in total. The Kier molecular flexibility index (Phi) is 7.88. The van der Waals surface area contributed by atoms with Crippen molar-refractivity contribution in [2.45, 2.75) is 19.8 Å². The zero-order valence-electron chi connectivity index (χ0n) is 18.8. The molecule has 2 atom stereocenters. The maximum Gasteiger partial charge on any atom is 0.338 e. The molecule has 0 amide bonds. The quantitative estimate of drug-likeness (QED) is 0.345. The minimum atomic E-state index is -1.22. The summed E-state index contributed by atoms with van der Waals surface area (Å²) in [6.07, 6.45) is 0. The van der Waals surface area contributed by atoms with Gasteiger partial charge in [-0.3, -0.25) is 9.79 Å². The van der Waals surface area contributed by atoms with Gasteiger partial charge in [-0.1, -0.05) is 30.3 Å². The van der Waals surface area contributed by atoms with E-state index < -0.39 is 41.4 Å².